The van der Waals surface area contributed by atoms with Crippen LogP contribution in [0.3, 0.4) is 0 Å². The van der Waals surface area contributed by atoms with E-state index in [4.69, 9.17) is 4.74 Å². The number of benzene rings is 1. The van der Waals surface area contributed by atoms with Crippen molar-refractivity contribution in [3.05, 3.63) is 24.3 Å². The van der Waals surface area contributed by atoms with E-state index in [9.17, 15) is 0 Å². The predicted octanol–water partition coefficient (Wildman–Crippen LogP) is 3.23. The molecule has 1 saturated heterocycles. The number of hydrogen-bond donors (Lipinski definition) is 1. The van der Waals surface area contributed by atoms with Crippen LogP contribution in [0.4, 0.5) is 5.69 Å². The van der Waals surface area contributed by atoms with Gasteiger partial charge in [-0.25, -0.2) is 0 Å². The molecule has 3 heteroatoms. The SMILES string of the molecule is CC.COc1ccc(NC2CCCN(C)C2)cc1. The van der Waals surface area contributed by atoms with Crippen molar-refractivity contribution in [2.45, 2.75) is 32.7 Å². The summed E-state index contributed by atoms with van der Waals surface area (Å²) in [4.78, 5) is 2.38. The number of anilines is 1. The highest BCUT2D eigenvalue weighted by atomic mass is 16.5. The molecule has 1 aliphatic rings. The summed E-state index contributed by atoms with van der Waals surface area (Å²) in [6.07, 6.45) is 2.54. The fourth-order valence-electron chi connectivity index (χ4n) is 2.21. The molecule has 102 valence electrons. The average Bonchev–Trinajstić information content (AvgIpc) is 2.42. The number of nitrogens with zero attached hydrogens (tertiary/aromatic N) is 1. The summed E-state index contributed by atoms with van der Waals surface area (Å²) in [7, 11) is 3.88. The maximum atomic E-state index is 5.14. The van der Waals surface area contributed by atoms with Crippen molar-refractivity contribution >= 4 is 5.69 Å². The van der Waals surface area contributed by atoms with Gasteiger partial charge in [0.1, 0.15) is 5.75 Å². The second kappa shape index (κ2) is 7.98. The van der Waals surface area contributed by atoms with Gasteiger partial charge in [0.25, 0.3) is 0 Å². The molecule has 1 N–H and O–H groups in total. The molecule has 3 nitrogen and oxygen atoms in total. The lowest BCUT2D eigenvalue weighted by Crippen LogP contribution is -2.39. The van der Waals surface area contributed by atoms with E-state index in [1.54, 1.807) is 7.11 Å². The fourth-order valence-corrected chi connectivity index (χ4v) is 2.21. The van der Waals surface area contributed by atoms with Gasteiger partial charge in [-0.1, -0.05) is 13.8 Å². The van der Waals surface area contributed by atoms with Gasteiger partial charge in [0.15, 0.2) is 0 Å². The first kappa shape index (κ1) is 14.8. The zero-order chi connectivity index (χ0) is 13.4. The summed E-state index contributed by atoms with van der Waals surface area (Å²) in [6.45, 7) is 6.35. The van der Waals surface area contributed by atoms with E-state index in [-0.39, 0.29) is 0 Å². The molecular weight excluding hydrogens is 224 g/mol. The van der Waals surface area contributed by atoms with Crippen LogP contribution in [0, 0.1) is 0 Å². The van der Waals surface area contributed by atoms with Gasteiger partial charge in [-0.05, 0) is 50.7 Å². The van der Waals surface area contributed by atoms with Crippen molar-refractivity contribution in [2.24, 2.45) is 0 Å². The van der Waals surface area contributed by atoms with E-state index >= 15 is 0 Å². The molecule has 0 saturated carbocycles. The molecule has 1 fully saturated rings. The van der Waals surface area contributed by atoms with Crippen LogP contribution in [0.2, 0.25) is 0 Å². The van der Waals surface area contributed by atoms with Gasteiger partial charge in [-0.3, -0.25) is 0 Å². The molecule has 0 aromatic heterocycles. The molecule has 1 aliphatic heterocycles. The van der Waals surface area contributed by atoms with Crippen LogP contribution in [0.1, 0.15) is 26.7 Å². The molecule has 0 radical (unpaired) electrons. The molecule has 18 heavy (non-hydrogen) atoms. The number of likely N-dealkylation sites (tertiary alicyclic amines) is 1. The highest BCUT2D eigenvalue weighted by Gasteiger charge is 2.16. The lowest BCUT2D eigenvalue weighted by atomic mass is 10.1. The van der Waals surface area contributed by atoms with Crippen molar-refractivity contribution in [3.8, 4) is 5.75 Å². The average molecular weight is 250 g/mol. The van der Waals surface area contributed by atoms with E-state index < -0.39 is 0 Å². The fraction of sp³-hybridized carbons (Fsp3) is 0.600. The number of ether oxygens (including phenoxy) is 1. The monoisotopic (exact) mass is 250 g/mol. The van der Waals surface area contributed by atoms with Crippen LogP contribution in [0.25, 0.3) is 0 Å². The Kier molecular flexibility index (Phi) is 6.58. The third-order valence-electron chi connectivity index (χ3n) is 3.09. The predicted molar refractivity (Wildman–Crippen MR) is 78.5 cm³/mol. The number of nitrogens with one attached hydrogen (secondary N) is 1. The molecule has 0 spiro atoms. The number of rotatable bonds is 3. The zero-order valence-electron chi connectivity index (χ0n) is 12.1. The van der Waals surface area contributed by atoms with Gasteiger partial charge in [0.05, 0.1) is 7.11 Å². The molecule has 0 bridgehead atoms. The van der Waals surface area contributed by atoms with Gasteiger partial charge in [0, 0.05) is 18.3 Å². The molecule has 1 atom stereocenters. The van der Waals surface area contributed by atoms with Crippen molar-refractivity contribution in [2.75, 3.05) is 32.6 Å². The number of likely N-dealkylation sites (N-methyl/N-ethyl adjacent to an activating group) is 1. The lowest BCUT2D eigenvalue weighted by Gasteiger charge is -2.30. The molecule has 1 aromatic carbocycles. The lowest BCUT2D eigenvalue weighted by molar-refractivity contribution is 0.261. The molecule has 1 heterocycles. The van der Waals surface area contributed by atoms with Gasteiger partial charge in [0.2, 0.25) is 0 Å². The largest absolute Gasteiger partial charge is 0.497 e. The summed E-state index contributed by atoms with van der Waals surface area (Å²) in [5.41, 5.74) is 1.18. The molecular formula is C15H26N2O. The van der Waals surface area contributed by atoms with Crippen LogP contribution in [-0.2, 0) is 0 Å². The van der Waals surface area contributed by atoms with E-state index in [2.05, 4.69) is 29.4 Å². The quantitative estimate of drug-likeness (QED) is 0.891. The number of methoxy groups -OCH3 is 1. The Morgan fingerprint density at radius 2 is 1.89 bits per heavy atom. The number of hydrogen-bond acceptors (Lipinski definition) is 3. The van der Waals surface area contributed by atoms with Crippen LogP contribution in [0.5, 0.6) is 5.75 Å². The molecule has 0 amide bonds. The summed E-state index contributed by atoms with van der Waals surface area (Å²) in [5.74, 6) is 0.909. The molecule has 1 unspecified atom stereocenters. The molecule has 1 aromatic rings. The van der Waals surface area contributed by atoms with Crippen molar-refractivity contribution < 1.29 is 4.74 Å². The highest BCUT2D eigenvalue weighted by molar-refractivity contribution is 5.47. The summed E-state index contributed by atoms with van der Waals surface area (Å²) in [6, 6.07) is 8.72. The number of piperidine rings is 1. The third-order valence-corrected chi connectivity index (χ3v) is 3.09. The standard InChI is InChI=1S/C13H20N2O.C2H6/c1-15-9-3-4-12(10-15)14-11-5-7-13(16-2)8-6-11;1-2/h5-8,12,14H,3-4,9-10H2,1-2H3;1-2H3. The second-order valence-corrected chi connectivity index (χ2v) is 4.47. The Bertz CT molecular complexity index is 324. The zero-order valence-corrected chi connectivity index (χ0v) is 12.1. The van der Waals surface area contributed by atoms with Crippen molar-refractivity contribution in [3.63, 3.8) is 0 Å². The minimum Gasteiger partial charge on any atom is -0.497 e. The maximum absolute atomic E-state index is 5.14. The van der Waals surface area contributed by atoms with E-state index in [0.29, 0.717) is 6.04 Å². The van der Waals surface area contributed by atoms with Gasteiger partial charge < -0.3 is 15.0 Å². The van der Waals surface area contributed by atoms with Crippen LogP contribution in [-0.4, -0.2) is 38.2 Å². The van der Waals surface area contributed by atoms with Crippen molar-refractivity contribution in [1.82, 2.24) is 4.90 Å². The minimum atomic E-state index is 0.576. The first-order valence-corrected chi connectivity index (χ1v) is 6.87. The Morgan fingerprint density at radius 3 is 2.44 bits per heavy atom. The minimum absolute atomic E-state index is 0.576. The topological polar surface area (TPSA) is 24.5 Å². The van der Waals surface area contributed by atoms with E-state index in [1.807, 2.05) is 26.0 Å². The second-order valence-electron chi connectivity index (χ2n) is 4.47. The van der Waals surface area contributed by atoms with E-state index in [1.165, 1.54) is 25.1 Å². The summed E-state index contributed by atoms with van der Waals surface area (Å²) >= 11 is 0. The van der Waals surface area contributed by atoms with E-state index in [0.717, 1.165) is 12.3 Å². The van der Waals surface area contributed by atoms with Crippen molar-refractivity contribution in [1.29, 1.82) is 0 Å². The molecule has 0 aliphatic carbocycles. The first-order valence-electron chi connectivity index (χ1n) is 6.87. The Balaban J connectivity index is 0.000000771. The summed E-state index contributed by atoms with van der Waals surface area (Å²) < 4.78 is 5.14. The Labute approximate surface area is 111 Å². The molecule has 2 rings (SSSR count). The first-order chi connectivity index (χ1) is 8.78. The highest BCUT2D eigenvalue weighted by Crippen LogP contribution is 2.18. The maximum Gasteiger partial charge on any atom is 0.119 e. The van der Waals surface area contributed by atoms with Gasteiger partial charge in [-0.15, -0.1) is 0 Å². The summed E-state index contributed by atoms with van der Waals surface area (Å²) in [5, 5.41) is 3.57. The van der Waals surface area contributed by atoms with Crippen LogP contribution in [0.15, 0.2) is 24.3 Å². The smallest absolute Gasteiger partial charge is 0.119 e. The normalized spacial score (nSPS) is 19.7. The Morgan fingerprint density at radius 1 is 1.22 bits per heavy atom. The van der Waals surface area contributed by atoms with Crippen LogP contribution < -0.4 is 10.1 Å². The Hall–Kier alpha value is -1.22. The third kappa shape index (κ3) is 4.57. The van der Waals surface area contributed by atoms with Gasteiger partial charge >= 0.3 is 0 Å². The van der Waals surface area contributed by atoms with Crippen LogP contribution >= 0.6 is 0 Å². The van der Waals surface area contributed by atoms with Gasteiger partial charge in [-0.2, -0.15) is 0 Å².